The van der Waals surface area contributed by atoms with Crippen LogP contribution in [0.5, 0.6) is 11.5 Å². The van der Waals surface area contributed by atoms with Crippen LogP contribution >= 0.6 is 0 Å². The van der Waals surface area contributed by atoms with E-state index >= 15 is 0 Å². The first-order chi connectivity index (χ1) is 10.6. The molecule has 2 aromatic rings. The normalized spacial score (nSPS) is 16.5. The Labute approximate surface area is 131 Å². The van der Waals surface area contributed by atoms with Crippen LogP contribution in [0.3, 0.4) is 0 Å². The number of rotatable bonds is 3. The molecule has 0 radical (unpaired) electrons. The molecule has 4 nitrogen and oxygen atoms in total. The molecule has 3 rings (SSSR count). The van der Waals surface area contributed by atoms with Gasteiger partial charge in [0.1, 0.15) is 11.9 Å². The lowest BCUT2D eigenvalue weighted by Gasteiger charge is -2.29. The number of anilines is 1. The molecule has 1 unspecified atom stereocenters. The number of nitrogens with two attached hydrogens (primary N) is 1. The second-order valence-corrected chi connectivity index (χ2v) is 5.67. The molecule has 1 heterocycles. The summed E-state index contributed by atoms with van der Waals surface area (Å²) in [6.07, 6.45) is 0.00695. The molecule has 0 bridgehead atoms. The van der Waals surface area contributed by atoms with Crippen LogP contribution in [0.2, 0.25) is 0 Å². The van der Waals surface area contributed by atoms with E-state index in [1.807, 2.05) is 6.07 Å². The maximum atomic E-state index is 6.11. The Balaban J connectivity index is 2.14. The van der Waals surface area contributed by atoms with Crippen molar-refractivity contribution in [2.45, 2.75) is 20.0 Å². The monoisotopic (exact) mass is 298 g/mol. The van der Waals surface area contributed by atoms with E-state index in [2.05, 4.69) is 43.4 Å². The highest BCUT2D eigenvalue weighted by Crippen LogP contribution is 2.42. The van der Waals surface area contributed by atoms with Gasteiger partial charge in [0.05, 0.1) is 19.3 Å². The summed E-state index contributed by atoms with van der Waals surface area (Å²) in [7, 11) is 1.69. The Morgan fingerprint density at radius 1 is 1.27 bits per heavy atom. The van der Waals surface area contributed by atoms with Crippen LogP contribution in [-0.2, 0) is 0 Å². The molecule has 0 aromatic heterocycles. The lowest BCUT2D eigenvalue weighted by molar-refractivity contribution is 0.215. The van der Waals surface area contributed by atoms with Gasteiger partial charge in [-0.3, -0.25) is 0 Å². The molecule has 0 saturated heterocycles. The van der Waals surface area contributed by atoms with E-state index in [1.54, 1.807) is 7.11 Å². The van der Waals surface area contributed by atoms with Gasteiger partial charge < -0.3 is 20.5 Å². The van der Waals surface area contributed by atoms with Crippen molar-refractivity contribution >= 4 is 5.69 Å². The lowest BCUT2D eigenvalue weighted by atomic mass is 9.93. The van der Waals surface area contributed by atoms with Gasteiger partial charge in [-0.05, 0) is 48.7 Å². The molecule has 1 aliphatic rings. The number of nitrogens with one attached hydrogen (secondary N) is 1. The third-order valence-corrected chi connectivity index (χ3v) is 4.09. The zero-order valence-corrected chi connectivity index (χ0v) is 13.3. The average molecular weight is 298 g/mol. The largest absolute Gasteiger partial charge is 0.497 e. The van der Waals surface area contributed by atoms with Crippen molar-refractivity contribution in [3.8, 4) is 22.6 Å². The van der Waals surface area contributed by atoms with Gasteiger partial charge in [0, 0.05) is 12.1 Å². The Morgan fingerprint density at radius 3 is 2.64 bits per heavy atom. The summed E-state index contributed by atoms with van der Waals surface area (Å²) < 4.78 is 11.5. The second-order valence-electron chi connectivity index (χ2n) is 5.67. The average Bonchev–Trinajstić information content (AvgIpc) is 2.53. The summed E-state index contributed by atoms with van der Waals surface area (Å²) in [6.45, 7) is 5.44. The number of benzene rings is 2. The van der Waals surface area contributed by atoms with Crippen LogP contribution < -0.4 is 20.5 Å². The minimum absolute atomic E-state index is 0.00695. The molecule has 0 fully saturated rings. The highest BCUT2D eigenvalue weighted by atomic mass is 16.5. The molecule has 0 spiro atoms. The Kier molecular flexibility index (Phi) is 3.94. The topological polar surface area (TPSA) is 56.5 Å². The highest BCUT2D eigenvalue weighted by Gasteiger charge is 2.22. The van der Waals surface area contributed by atoms with Crippen LogP contribution in [-0.4, -0.2) is 26.3 Å². The minimum atomic E-state index is 0.00695. The highest BCUT2D eigenvalue weighted by molar-refractivity contribution is 5.82. The van der Waals surface area contributed by atoms with E-state index < -0.39 is 0 Å². The first-order valence-electron chi connectivity index (χ1n) is 7.53. The summed E-state index contributed by atoms with van der Waals surface area (Å²) in [5.74, 6) is 1.77. The number of methoxy groups -OCH3 is 1. The number of aryl methyl sites for hydroxylation is 2. The Hall–Kier alpha value is -2.20. The number of fused-ring (bicyclic) bond motifs is 1. The van der Waals surface area contributed by atoms with Gasteiger partial charge in [-0.15, -0.1) is 0 Å². The fourth-order valence-electron chi connectivity index (χ4n) is 3.03. The first-order valence-corrected chi connectivity index (χ1v) is 7.53. The van der Waals surface area contributed by atoms with Crippen LogP contribution in [0.4, 0.5) is 5.69 Å². The smallest absolute Gasteiger partial charge is 0.150 e. The fourth-order valence-corrected chi connectivity index (χ4v) is 3.03. The maximum Gasteiger partial charge on any atom is 0.150 e. The number of ether oxygens (including phenoxy) is 2. The first kappa shape index (κ1) is 14.7. The summed E-state index contributed by atoms with van der Waals surface area (Å²) >= 11 is 0. The van der Waals surface area contributed by atoms with Crippen molar-refractivity contribution < 1.29 is 9.47 Å². The zero-order valence-electron chi connectivity index (χ0n) is 13.3. The summed E-state index contributed by atoms with van der Waals surface area (Å²) in [6, 6.07) is 10.3. The summed E-state index contributed by atoms with van der Waals surface area (Å²) in [4.78, 5) is 0. The van der Waals surface area contributed by atoms with E-state index in [4.69, 9.17) is 15.2 Å². The molecule has 22 heavy (non-hydrogen) atoms. The van der Waals surface area contributed by atoms with Crippen LogP contribution in [0.25, 0.3) is 11.1 Å². The fraction of sp³-hybridized carbons (Fsp3) is 0.333. The number of hydrogen-bond donors (Lipinski definition) is 2. The molecule has 3 N–H and O–H groups in total. The molecule has 2 aromatic carbocycles. The minimum Gasteiger partial charge on any atom is -0.497 e. The Bertz CT molecular complexity index is 674. The number of hydrogen-bond acceptors (Lipinski definition) is 4. The van der Waals surface area contributed by atoms with E-state index in [-0.39, 0.29) is 6.10 Å². The molecule has 116 valence electrons. The van der Waals surface area contributed by atoms with Crippen molar-refractivity contribution in [2.24, 2.45) is 5.73 Å². The molecule has 0 saturated carbocycles. The zero-order chi connectivity index (χ0) is 15.7. The van der Waals surface area contributed by atoms with Crippen molar-refractivity contribution in [3.05, 3.63) is 41.5 Å². The molecular weight excluding hydrogens is 276 g/mol. The van der Waals surface area contributed by atoms with Gasteiger partial charge in [0.2, 0.25) is 0 Å². The number of para-hydroxylation sites is 1. The van der Waals surface area contributed by atoms with Gasteiger partial charge in [-0.1, -0.05) is 12.1 Å². The van der Waals surface area contributed by atoms with Crippen LogP contribution in [0.1, 0.15) is 11.1 Å². The van der Waals surface area contributed by atoms with Crippen molar-refractivity contribution in [3.63, 3.8) is 0 Å². The molecular formula is C18H22N2O2. The quantitative estimate of drug-likeness (QED) is 0.914. The summed E-state index contributed by atoms with van der Waals surface area (Å²) in [5.41, 5.74) is 11.4. The van der Waals surface area contributed by atoms with Gasteiger partial charge in [0.25, 0.3) is 0 Å². The van der Waals surface area contributed by atoms with Crippen molar-refractivity contribution in [1.82, 2.24) is 0 Å². The van der Waals surface area contributed by atoms with Gasteiger partial charge >= 0.3 is 0 Å². The Morgan fingerprint density at radius 2 is 2.00 bits per heavy atom. The van der Waals surface area contributed by atoms with Crippen LogP contribution in [0, 0.1) is 13.8 Å². The summed E-state index contributed by atoms with van der Waals surface area (Å²) in [5, 5.41) is 3.41. The predicted molar refractivity (Wildman–Crippen MR) is 89.9 cm³/mol. The van der Waals surface area contributed by atoms with Crippen molar-refractivity contribution in [1.29, 1.82) is 0 Å². The molecule has 1 atom stereocenters. The van der Waals surface area contributed by atoms with E-state index in [0.717, 1.165) is 29.3 Å². The molecule has 0 aliphatic carbocycles. The predicted octanol–water partition coefficient (Wildman–Crippen LogP) is 3.11. The van der Waals surface area contributed by atoms with Gasteiger partial charge in [-0.2, -0.15) is 0 Å². The van der Waals surface area contributed by atoms with E-state index in [0.29, 0.717) is 6.54 Å². The van der Waals surface area contributed by atoms with Crippen LogP contribution in [0.15, 0.2) is 30.3 Å². The lowest BCUT2D eigenvalue weighted by Crippen LogP contribution is -2.37. The van der Waals surface area contributed by atoms with E-state index in [1.165, 1.54) is 16.7 Å². The van der Waals surface area contributed by atoms with Gasteiger partial charge in [-0.25, -0.2) is 0 Å². The van der Waals surface area contributed by atoms with Gasteiger partial charge in [0.15, 0.2) is 5.75 Å². The molecule has 0 amide bonds. The standard InChI is InChI=1S/C18H22N2O2/c1-11-7-13(21-3)8-12(2)17(11)15-5-4-6-16-18(15)22-14(9-19)10-20-16/h4-8,14,20H,9-10,19H2,1-3H3. The SMILES string of the molecule is COc1cc(C)c(-c2cccc3c2OC(CN)CN3)c(C)c1. The van der Waals surface area contributed by atoms with Crippen molar-refractivity contribution in [2.75, 3.05) is 25.5 Å². The third kappa shape index (κ3) is 2.50. The molecule has 4 heteroatoms. The third-order valence-electron chi connectivity index (χ3n) is 4.09. The molecule has 1 aliphatic heterocycles. The van der Waals surface area contributed by atoms with E-state index in [9.17, 15) is 0 Å². The second kappa shape index (κ2) is 5.89. The maximum absolute atomic E-state index is 6.11.